The maximum Gasteiger partial charge on any atom is 0.0436 e. The van der Waals surface area contributed by atoms with Crippen molar-refractivity contribution in [1.82, 2.24) is 0 Å². The first-order valence-corrected chi connectivity index (χ1v) is 6.58. The molecular formula is C14H28O. The molecule has 1 atom stereocenters. The standard InChI is InChI=1S/C14H28O/c1-3-4-5-6-7-8-9-10-11-14(2)12-13-15/h10-11,14-15H,3-9,12-13H2,1-2H3. The number of hydrogen-bond donors (Lipinski definition) is 1. The molecule has 0 aliphatic heterocycles. The summed E-state index contributed by atoms with van der Waals surface area (Å²) in [6, 6.07) is 0. The van der Waals surface area contributed by atoms with Crippen LogP contribution in [0.2, 0.25) is 0 Å². The molecule has 0 radical (unpaired) electrons. The van der Waals surface area contributed by atoms with E-state index in [0.717, 1.165) is 6.42 Å². The van der Waals surface area contributed by atoms with Gasteiger partial charge in [-0.15, -0.1) is 0 Å². The number of aliphatic hydroxyl groups is 1. The summed E-state index contributed by atoms with van der Waals surface area (Å²) < 4.78 is 0. The second kappa shape index (κ2) is 11.8. The van der Waals surface area contributed by atoms with E-state index in [1.54, 1.807) is 0 Å². The van der Waals surface area contributed by atoms with Crippen LogP contribution in [0.25, 0.3) is 0 Å². The molecule has 0 rings (SSSR count). The fourth-order valence-corrected chi connectivity index (χ4v) is 1.67. The Morgan fingerprint density at radius 3 is 2.40 bits per heavy atom. The Labute approximate surface area is 95.6 Å². The summed E-state index contributed by atoms with van der Waals surface area (Å²) in [4.78, 5) is 0. The fourth-order valence-electron chi connectivity index (χ4n) is 1.67. The lowest BCUT2D eigenvalue weighted by Crippen LogP contribution is -1.92. The lowest BCUT2D eigenvalue weighted by atomic mass is 10.1. The zero-order valence-electron chi connectivity index (χ0n) is 10.5. The van der Waals surface area contributed by atoms with Gasteiger partial charge in [-0.25, -0.2) is 0 Å². The van der Waals surface area contributed by atoms with Crippen molar-refractivity contribution < 1.29 is 5.11 Å². The zero-order valence-corrected chi connectivity index (χ0v) is 10.5. The highest BCUT2D eigenvalue weighted by atomic mass is 16.2. The van der Waals surface area contributed by atoms with Crippen LogP contribution in [-0.2, 0) is 0 Å². The van der Waals surface area contributed by atoms with Crippen LogP contribution >= 0.6 is 0 Å². The second-order valence-corrected chi connectivity index (χ2v) is 4.47. The Kier molecular flexibility index (Phi) is 11.5. The van der Waals surface area contributed by atoms with Crippen LogP contribution in [0.5, 0.6) is 0 Å². The van der Waals surface area contributed by atoms with Gasteiger partial charge in [0.2, 0.25) is 0 Å². The zero-order chi connectivity index (χ0) is 11.4. The smallest absolute Gasteiger partial charge is 0.0436 e. The molecule has 1 unspecified atom stereocenters. The van der Waals surface area contributed by atoms with Crippen LogP contribution in [0.4, 0.5) is 0 Å². The average Bonchev–Trinajstić information content (AvgIpc) is 2.22. The van der Waals surface area contributed by atoms with E-state index in [-0.39, 0.29) is 0 Å². The predicted octanol–water partition coefficient (Wildman–Crippen LogP) is 4.31. The highest BCUT2D eigenvalue weighted by Gasteiger charge is 1.93. The van der Waals surface area contributed by atoms with Gasteiger partial charge >= 0.3 is 0 Å². The normalized spacial score (nSPS) is 13.5. The Morgan fingerprint density at radius 1 is 1.07 bits per heavy atom. The molecule has 0 bridgehead atoms. The molecule has 0 fully saturated rings. The van der Waals surface area contributed by atoms with Crippen molar-refractivity contribution in [3.63, 3.8) is 0 Å². The molecule has 15 heavy (non-hydrogen) atoms. The van der Waals surface area contributed by atoms with E-state index >= 15 is 0 Å². The summed E-state index contributed by atoms with van der Waals surface area (Å²) in [5.41, 5.74) is 0. The van der Waals surface area contributed by atoms with Gasteiger partial charge in [-0.05, 0) is 25.2 Å². The van der Waals surface area contributed by atoms with Crippen molar-refractivity contribution in [2.45, 2.75) is 65.2 Å². The van der Waals surface area contributed by atoms with E-state index in [1.165, 1.54) is 44.9 Å². The van der Waals surface area contributed by atoms with Crippen LogP contribution < -0.4 is 0 Å². The summed E-state index contributed by atoms with van der Waals surface area (Å²) in [6.45, 7) is 4.72. The lowest BCUT2D eigenvalue weighted by molar-refractivity contribution is 0.274. The molecule has 0 heterocycles. The number of aliphatic hydroxyl groups excluding tert-OH is 1. The van der Waals surface area contributed by atoms with E-state index in [9.17, 15) is 0 Å². The van der Waals surface area contributed by atoms with Gasteiger partial charge in [-0.3, -0.25) is 0 Å². The van der Waals surface area contributed by atoms with Gasteiger partial charge in [-0.1, -0.05) is 58.1 Å². The third kappa shape index (κ3) is 11.6. The molecule has 0 aromatic carbocycles. The first kappa shape index (κ1) is 14.7. The minimum absolute atomic E-state index is 0.308. The average molecular weight is 212 g/mol. The molecule has 0 spiro atoms. The monoisotopic (exact) mass is 212 g/mol. The van der Waals surface area contributed by atoms with E-state index in [1.807, 2.05) is 0 Å². The second-order valence-electron chi connectivity index (χ2n) is 4.47. The number of hydrogen-bond acceptors (Lipinski definition) is 1. The molecule has 1 heteroatoms. The number of unbranched alkanes of at least 4 members (excludes halogenated alkanes) is 6. The van der Waals surface area contributed by atoms with Gasteiger partial charge < -0.3 is 5.11 Å². The topological polar surface area (TPSA) is 20.2 Å². The van der Waals surface area contributed by atoms with Crippen molar-refractivity contribution in [3.8, 4) is 0 Å². The van der Waals surface area contributed by atoms with E-state index in [4.69, 9.17) is 5.11 Å². The summed E-state index contributed by atoms with van der Waals surface area (Å²) in [5, 5.41) is 8.73. The largest absolute Gasteiger partial charge is 0.396 e. The van der Waals surface area contributed by atoms with Crippen molar-refractivity contribution in [1.29, 1.82) is 0 Å². The van der Waals surface area contributed by atoms with Crippen molar-refractivity contribution in [2.24, 2.45) is 5.92 Å². The van der Waals surface area contributed by atoms with Gasteiger partial charge in [0.05, 0.1) is 0 Å². The minimum Gasteiger partial charge on any atom is -0.396 e. The molecular weight excluding hydrogens is 184 g/mol. The van der Waals surface area contributed by atoms with E-state index in [2.05, 4.69) is 26.0 Å². The van der Waals surface area contributed by atoms with Gasteiger partial charge in [-0.2, -0.15) is 0 Å². The fraction of sp³-hybridized carbons (Fsp3) is 0.857. The maximum atomic E-state index is 8.73. The third-order valence-electron chi connectivity index (χ3n) is 2.77. The van der Waals surface area contributed by atoms with Gasteiger partial charge in [0, 0.05) is 6.61 Å². The summed E-state index contributed by atoms with van der Waals surface area (Å²) in [5.74, 6) is 0.537. The molecule has 0 aliphatic carbocycles. The Bertz CT molecular complexity index is 140. The molecule has 0 amide bonds. The summed E-state index contributed by atoms with van der Waals surface area (Å²) in [7, 11) is 0. The van der Waals surface area contributed by atoms with Crippen LogP contribution in [0.1, 0.15) is 65.2 Å². The molecule has 0 aromatic heterocycles. The summed E-state index contributed by atoms with van der Waals surface area (Å²) in [6.07, 6.45) is 14.8. The van der Waals surface area contributed by atoms with Crippen molar-refractivity contribution >= 4 is 0 Å². The van der Waals surface area contributed by atoms with Crippen LogP contribution in [0, 0.1) is 5.92 Å². The van der Waals surface area contributed by atoms with Gasteiger partial charge in [0.1, 0.15) is 0 Å². The Hall–Kier alpha value is -0.300. The SMILES string of the molecule is CCCCCCCCC=CC(C)CCO. The van der Waals surface area contributed by atoms with E-state index in [0.29, 0.717) is 12.5 Å². The molecule has 90 valence electrons. The van der Waals surface area contributed by atoms with Crippen LogP contribution in [0.15, 0.2) is 12.2 Å². The third-order valence-corrected chi connectivity index (χ3v) is 2.77. The minimum atomic E-state index is 0.308. The quantitative estimate of drug-likeness (QED) is 0.422. The van der Waals surface area contributed by atoms with Crippen LogP contribution in [-0.4, -0.2) is 11.7 Å². The molecule has 0 aliphatic rings. The maximum absolute atomic E-state index is 8.73. The van der Waals surface area contributed by atoms with Gasteiger partial charge in [0.25, 0.3) is 0 Å². The number of rotatable bonds is 10. The summed E-state index contributed by atoms with van der Waals surface area (Å²) >= 11 is 0. The number of allylic oxidation sites excluding steroid dienone is 2. The molecule has 1 nitrogen and oxygen atoms in total. The highest BCUT2D eigenvalue weighted by Crippen LogP contribution is 2.09. The Balaban J connectivity index is 3.15. The first-order chi connectivity index (χ1) is 7.31. The van der Waals surface area contributed by atoms with Crippen LogP contribution in [0.3, 0.4) is 0 Å². The van der Waals surface area contributed by atoms with Crippen molar-refractivity contribution in [2.75, 3.05) is 6.61 Å². The first-order valence-electron chi connectivity index (χ1n) is 6.58. The highest BCUT2D eigenvalue weighted by molar-refractivity contribution is 4.86. The molecule has 1 N–H and O–H groups in total. The molecule has 0 aromatic rings. The Morgan fingerprint density at radius 2 is 1.73 bits per heavy atom. The molecule has 0 saturated heterocycles. The lowest BCUT2D eigenvalue weighted by Gasteiger charge is -2.02. The van der Waals surface area contributed by atoms with E-state index < -0.39 is 0 Å². The van der Waals surface area contributed by atoms with Gasteiger partial charge in [0.15, 0.2) is 0 Å². The van der Waals surface area contributed by atoms with Crippen molar-refractivity contribution in [3.05, 3.63) is 12.2 Å². The molecule has 0 saturated carbocycles. The predicted molar refractivity (Wildman–Crippen MR) is 68.0 cm³/mol.